The maximum atomic E-state index is 12.5. The van der Waals surface area contributed by atoms with Gasteiger partial charge in [0.05, 0.1) is 13.1 Å². The molecular weight excluding hydrogens is 392 g/mol. The van der Waals surface area contributed by atoms with Gasteiger partial charge >= 0.3 is 0 Å². The molecule has 0 radical (unpaired) electrons. The van der Waals surface area contributed by atoms with Crippen molar-refractivity contribution in [3.8, 4) is 11.5 Å². The minimum atomic E-state index is -0.0557. The number of amides is 2. The van der Waals surface area contributed by atoms with Gasteiger partial charge in [-0.15, -0.1) is 0 Å². The molecule has 0 saturated carbocycles. The van der Waals surface area contributed by atoms with Gasteiger partial charge in [-0.3, -0.25) is 19.4 Å². The van der Waals surface area contributed by atoms with Crippen LogP contribution in [0.1, 0.15) is 20.3 Å². The Morgan fingerprint density at radius 1 is 0.903 bits per heavy atom. The van der Waals surface area contributed by atoms with Gasteiger partial charge in [-0.25, -0.2) is 0 Å². The van der Waals surface area contributed by atoms with Crippen LogP contribution in [0.5, 0.6) is 11.5 Å². The summed E-state index contributed by atoms with van der Waals surface area (Å²) in [6.07, 6.45) is 0.927. The molecule has 0 aromatic heterocycles. The highest BCUT2D eigenvalue weighted by Crippen LogP contribution is 2.23. The Hall–Kier alpha value is -2.90. The highest BCUT2D eigenvalue weighted by molar-refractivity contribution is 5.92. The molecule has 166 valence electrons. The molecule has 7 nitrogen and oxygen atoms in total. The number of benzene rings is 2. The van der Waals surface area contributed by atoms with E-state index in [2.05, 4.69) is 27.4 Å². The zero-order valence-corrected chi connectivity index (χ0v) is 18.3. The van der Waals surface area contributed by atoms with Crippen LogP contribution < -0.4 is 15.4 Å². The third-order valence-corrected chi connectivity index (χ3v) is 5.32. The molecule has 3 rings (SSSR count). The molecule has 0 bridgehead atoms. The summed E-state index contributed by atoms with van der Waals surface area (Å²) in [7, 11) is 0. The summed E-state index contributed by atoms with van der Waals surface area (Å²) in [5.41, 5.74) is 0.707. The molecule has 1 atom stereocenters. The quantitative estimate of drug-likeness (QED) is 0.648. The smallest absolute Gasteiger partial charge is 0.238 e. The second kappa shape index (κ2) is 11.5. The number of carbonyl (C=O) groups is 2. The molecule has 1 fully saturated rings. The molecule has 1 saturated heterocycles. The van der Waals surface area contributed by atoms with Crippen molar-refractivity contribution >= 4 is 17.5 Å². The molecular formula is C24H32N4O3. The fourth-order valence-corrected chi connectivity index (χ4v) is 3.40. The molecule has 2 aromatic rings. The third-order valence-electron chi connectivity index (χ3n) is 5.32. The first-order valence-corrected chi connectivity index (χ1v) is 10.9. The highest BCUT2D eigenvalue weighted by atomic mass is 16.5. The van der Waals surface area contributed by atoms with Crippen LogP contribution in [0.4, 0.5) is 5.69 Å². The predicted molar refractivity (Wildman–Crippen MR) is 122 cm³/mol. The summed E-state index contributed by atoms with van der Waals surface area (Å²) < 4.78 is 5.83. The van der Waals surface area contributed by atoms with Crippen LogP contribution in [0.15, 0.2) is 54.6 Å². The first-order chi connectivity index (χ1) is 15.0. The lowest BCUT2D eigenvalue weighted by molar-refractivity contribution is -0.124. The zero-order valence-electron chi connectivity index (χ0n) is 18.3. The van der Waals surface area contributed by atoms with Crippen LogP contribution in [0, 0.1) is 0 Å². The molecule has 2 aromatic carbocycles. The van der Waals surface area contributed by atoms with E-state index in [0.29, 0.717) is 24.5 Å². The maximum absolute atomic E-state index is 12.5. The maximum Gasteiger partial charge on any atom is 0.238 e. The minimum absolute atomic E-state index is 0.0557. The van der Waals surface area contributed by atoms with Crippen LogP contribution in [-0.2, 0) is 9.59 Å². The van der Waals surface area contributed by atoms with Crippen molar-refractivity contribution in [2.45, 2.75) is 26.3 Å². The summed E-state index contributed by atoms with van der Waals surface area (Å²) in [6.45, 7) is 7.90. The molecule has 0 spiro atoms. The molecule has 7 heteroatoms. The molecule has 1 heterocycles. The number of nitrogens with one attached hydrogen (secondary N) is 2. The van der Waals surface area contributed by atoms with Crippen molar-refractivity contribution in [1.82, 2.24) is 15.1 Å². The number of ether oxygens (including phenoxy) is 1. The van der Waals surface area contributed by atoms with Crippen molar-refractivity contribution in [2.75, 3.05) is 44.6 Å². The summed E-state index contributed by atoms with van der Waals surface area (Å²) >= 11 is 0. The van der Waals surface area contributed by atoms with Crippen molar-refractivity contribution in [3.63, 3.8) is 0 Å². The normalized spacial score (nSPS) is 15.8. The van der Waals surface area contributed by atoms with E-state index in [-0.39, 0.29) is 17.9 Å². The summed E-state index contributed by atoms with van der Waals surface area (Å²) in [5, 5.41) is 5.95. The van der Waals surface area contributed by atoms with Gasteiger partial charge in [-0.1, -0.05) is 31.2 Å². The zero-order chi connectivity index (χ0) is 22.1. The Balaban J connectivity index is 1.41. The topological polar surface area (TPSA) is 73.9 Å². The second-order valence-corrected chi connectivity index (χ2v) is 7.92. The van der Waals surface area contributed by atoms with Crippen LogP contribution in [0.2, 0.25) is 0 Å². The van der Waals surface area contributed by atoms with Gasteiger partial charge < -0.3 is 15.4 Å². The number of rotatable bonds is 9. The fourth-order valence-electron chi connectivity index (χ4n) is 3.40. The lowest BCUT2D eigenvalue weighted by atomic mass is 10.2. The van der Waals surface area contributed by atoms with Crippen molar-refractivity contribution < 1.29 is 14.3 Å². The van der Waals surface area contributed by atoms with E-state index in [4.69, 9.17) is 4.74 Å². The van der Waals surface area contributed by atoms with Crippen molar-refractivity contribution in [3.05, 3.63) is 54.6 Å². The van der Waals surface area contributed by atoms with Crippen LogP contribution in [-0.4, -0.2) is 66.9 Å². The van der Waals surface area contributed by atoms with Crippen LogP contribution in [0.25, 0.3) is 0 Å². The third kappa shape index (κ3) is 7.70. The number of anilines is 1. The Kier molecular flexibility index (Phi) is 8.44. The first kappa shape index (κ1) is 22.8. The standard InChI is InChI=1S/C24H32N4O3/c1-3-19(2)25-23(29)17-27-12-14-28(15-13-27)18-24(30)26-20-8-7-11-22(16-20)31-21-9-5-4-6-10-21/h4-11,16,19H,3,12-15,17-18H2,1-2H3,(H,25,29)(H,26,30). The lowest BCUT2D eigenvalue weighted by Crippen LogP contribution is -2.51. The van der Waals surface area contributed by atoms with Gasteiger partial charge in [0.2, 0.25) is 11.8 Å². The largest absolute Gasteiger partial charge is 0.457 e. The molecule has 31 heavy (non-hydrogen) atoms. The van der Waals surface area contributed by atoms with Crippen LogP contribution >= 0.6 is 0 Å². The molecule has 1 aliphatic rings. The van der Waals surface area contributed by atoms with Gasteiger partial charge in [0, 0.05) is 44.0 Å². The number of para-hydroxylation sites is 1. The van der Waals surface area contributed by atoms with E-state index in [0.717, 1.165) is 38.3 Å². The summed E-state index contributed by atoms with van der Waals surface area (Å²) in [6, 6.07) is 17.1. The van der Waals surface area contributed by atoms with E-state index in [9.17, 15) is 9.59 Å². The van der Waals surface area contributed by atoms with Gasteiger partial charge in [-0.05, 0) is 37.6 Å². The monoisotopic (exact) mass is 424 g/mol. The summed E-state index contributed by atoms with van der Waals surface area (Å²) in [5.74, 6) is 1.44. The van der Waals surface area contributed by atoms with Crippen LogP contribution in [0.3, 0.4) is 0 Å². The molecule has 2 amide bonds. The number of hydrogen-bond acceptors (Lipinski definition) is 5. The van der Waals surface area contributed by atoms with Gasteiger partial charge in [-0.2, -0.15) is 0 Å². The van der Waals surface area contributed by atoms with Gasteiger partial charge in [0.25, 0.3) is 0 Å². The Bertz CT molecular complexity index is 851. The highest BCUT2D eigenvalue weighted by Gasteiger charge is 2.21. The van der Waals surface area contributed by atoms with E-state index < -0.39 is 0 Å². The molecule has 0 aliphatic carbocycles. The Morgan fingerprint density at radius 2 is 1.52 bits per heavy atom. The molecule has 2 N–H and O–H groups in total. The summed E-state index contributed by atoms with van der Waals surface area (Å²) in [4.78, 5) is 28.8. The molecule has 1 unspecified atom stereocenters. The number of hydrogen-bond donors (Lipinski definition) is 2. The first-order valence-electron chi connectivity index (χ1n) is 10.9. The number of nitrogens with zero attached hydrogens (tertiary/aromatic N) is 2. The van der Waals surface area contributed by atoms with E-state index in [1.165, 1.54) is 0 Å². The average molecular weight is 425 g/mol. The molecule has 1 aliphatic heterocycles. The number of carbonyl (C=O) groups excluding carboxylic acids is 2. The lowest BCUT2D eigenvalue weighted by Gasteiger charge is -2.34. The predicted octanol–water partition coefficient (Wildman–Crippen LogP) is 2.95. The van der Waals surface area contributed by atoms with Crippen molar-refractivity contribution in [1.29, 1.82) is 0 Å². The van der Waals surface area contributed by atoms with E-state index in [1.807, 2.05) is 61.5 Å². The fraction of sp³-hybridized carbons (Fsp3) is 0.417. The van der Waals surface area contributed by atoms with Crippen molar-refractivity contribution in [2.24, 2.45) is 0 Å². The van der Waals surface area contributed by atoms with Gasteiger partial charge in [0.15, 0.2) is 0 Å². The van der Waals surface area contributed by atoms with E-state index in [1.54, 1.807) is 0 Å². The average Bonchev–Trinajstić information content (AvgIpc) is 2.76. The van der Waals surface area contributed by atoms with Gasteiger partial charge in [0.1, 0.15) is 11.5 Å². The number of piperazine rings is 1. The minimum Gasteiger partial charge on any atom is -0.457 e. The Labute approximate surface area is 184 Å². The SMILES string of the molecule is CCC(C)NC(=O)CN1CCN(CC(=O)Nc2cccc(Oc3ccccc3)c2)CC1. The second-order valence-electron chi connectivity index (χ2n) is 7.92. The Morgan fingerprint density at radius 3 is 2.16 bits per heavy atom. The van der Waals surface area contributed by atoms with E-state index >= 15 is 0 Å².